The number of unbranched alkanes of at least 4 members (excludes halogenated alkanes) is 1. The number of rotatable bonds is 8. The van der Waals surface area contributed by atoms with E-state index in [1.165, 1.54) is 6.07 Å². The van der Waals surface area contributed by atoms with Gasteiger partial charge in [-0.15, -0.1) is 24.0 Å². The predicted molar refractivity (Wildman–Crippen MR) is 118 cm³/mol. The zero-order valence-electron chi connectivity index (χ0n) is 16.2. The second-order valence-electron chi connectivity index (χ2n) is 6.81. The smallest absolute Gasteiger partial charge is 0.220 e. The average Bonchev–Trinajstić information content (AvgIpc) is 2.66. The molecule has 0 saturated carbocycles. The van der Waals surface area contributed by atoms with E-state index in [1.54, 1.807) is 7.05 Å². The zero-order chi connectivity index (χ0) is 19.6. The molecule has 2 rings (SSSR count). The number of amides is 1. The average molecular weight is 509 g/mol. The minimum atomic E-state index is -0.462. The second kappa shape index (κ2) is 12.9. The molecular formula is C19H30F2IN5O. The lowest BCUT2D eigenvalue weighted by Crippen LogP contribution is -2.39. The number of halogens is 3. The summed E-state index contributed by atoms with van der Waals surface area (Å²) in [6, 6.07) is 3.40. The molecule has 1 aromatic rings. The first-order valence-corrected chi connectivity index (χ1v) is 9.39. The Morgan fingerprint density at radius 3 is 2.61 bits per heavy atom. The number of carbonyl (C=O) groups is 1. The van der Waals surface area contributed by atoms with Crippen LogP contribution < -0.4 is 16.4 Å². The number of guanidine groups is 1. The lowest BCUT2D eigenvalue weighted by molar-refractivity contribution is -0.123. The molecule has 0 aliphatic carbocycles. The van der Waals surface area contributed by atoms with Crippen LogP contribution in [0, 0.1) is 17.6 Å². The van der Waals surface area contributed by atoms with E-state index in [2.05, 4.69) is 20.5 Å². The van der Waals surface area contributed by atoms with Crippen molar-refractivity contribution in [2.45, 2.75) is 32.2 Å². The number of hydrogen-bond donors (Lipinski definition) is 3. The van der Waals surface area contributed by atoms with Gasteiger partial charge < -0.3 is 21.3 Å². The molecule has 1 amide bonds. The van der Waals surface area contributed by atoms with E-state index in [4.69, 9.17) is 5.73 Å². The van der Waals surface area contributed by atoms with E-state index in [0.29, 0.717) is 5.96 Å². The summed E-state index contributed by atoms with van der Waals surface area (Å²) in [4.78, 5) is 17.6. The van der Waals surface area contributed by atoms with Crippen LogP contribution in [0.5, 0.6) is 0 Å². The highest BCUT2D eigenvalue weighted by Gasteiger charge is 2.22. The van der Waals surface area contributed by atoms with E-state index in [9.17, 15) is 13.6 Å². The van der Waals surface area contributed by atoms with Gasteiger partial charge in [-0.05, 0) is 63.5 Å². The van der Waals surface area contributed by atoms with Gasteiger partial charge in [-0.25, -0.2) is 8.78 Å². The number of primary amides is 1. The third-order valence-corrected chi connectivity index (χ3v) is 4.86. The van der Waals surface area contributed by atoms with Crippen molar-refractivity contribution in [3.63, 3.8) is 0 Å². The number of piperidine rings is 1. The second-order valence-corrected chi connectivity index (χ2v) is 6.81. The van der Waals surface area contributed by atoms with Crippen LogP contribution in [0.3, 0.4) is 0 Å². The maximum absolute atomic E-state index is 13.6. The Labute approximate surface area is 182 Å². The van der Waals surface area contributed by atoms with Crippen molar-refractivity contribution in [2.75, 3.05) is 33.2 Å². The SMILES string of the molecule is CN=C(NCCCCN1CCC(C(N)=O)CC1)NCc1cc(F)ccc1F.I. The third kappa shape index (κ3) is 8.26. The minimum absolute atomic E-state index is 0. The Morgan fingerprint density at radius 1 is 1.25 bits per heavy atom. The van der Waals surface area contributed by atoms with Gasteiger partial charge in [0.25, 0.3) is 0 Å². The summed E-state index contributed by atoms with van der Waals surface area (Å²) in [5.41, 5.74) is 5.61. The van der Waals surface area contributed by atoms with E-state index in [-0.39, 0.29) is 47.9 Å². The van der Waals surface area contributed by atoms with Gasteiger partial charge in [-0.2, -0.15) is 0 Å². The summed E-state index contributed by atoms with van der Waals surface area (Å²) < 4.78 is 26.8. The Balaban J connectivity index is 0.00000392. The molecule has 6 nitrogen and oxygen atoms in total. The lowest BCUT2D eigenvalue weighted by Gasteiger charge is -2.30. The Morgan fingerprint density at radius 2 is 1.96 bits per heavy atom. The number of benzene rings is 1. The fourth-order valence-electron chi connectivity index (χ4n) is 3.19. The molecule has 1 aliphatic rings. The monoisotopic (exact) mass is 509 g/mol. The number of likely N-dealkylation sites (tertiary alicyclic amines) is 1. The molecule has 1 saturated heterocycles. The molecule has 1 aliphatic heterocycles. The molecule has 0 unspecified atom stereocenters. The minimum Gasteiger partial charge on any atom is -0.369 e. The van der Waals surface area contributed by atoms with Crippen molar-refractivity contribution in [2.24, 2.45) is 16.6 Å². The summed E-state index contributed by atoms with van der Waals surface area (Å²) in [5.74, 6) is -0.507. The van der Waals surface area contributed by atoms with Gasteiger partial charge in [0.15, 0.2) is 5.96 Å². The quantitative estimate of drug-likeness (QED) is 0.217. The van der Waals surface area contributed by atoms with E-state index in [1.807, 2.05) is 0 Å². The summed E-state index contributed by atoms with van der Waals surface area (Å²) in [7, 11) is 1.64. The first kappa shape index (κ1) is 24.5. The van der Waals surface area contributed by atoms with Crippen LogP contribution in [0.25, 0.3) is 0 Å². The molecule has 9 heteroatoms. The molecule has 158 valence electrons. The third-order valence-electron chi connectivity index (χ3n) is 4.86. The van der Waals surface area contributed by atoms with Crippen molar-refractivity contribution in [1.82, 2.24) is 15.5 Å². The molecule has 1 aromatic carbocycles. The van der Waals surface area contributed by atoms with Crippen molar-refractivity contribution in [3.05, 3.63) is 35.4 Å². The molecule has 0 radical (unpaired) electrons. The normalized spacial score (nSPS) is 15.8. The molecular weight excluding hydrogens is 479 g/mol. The highest BCUT2D eigenvalue weighted by molar-refractivity contribution is 14.0. The summed E-state index contributed by atoms with van der Waals surface area (Å²) in [6.45, 7) is 3.74. The number of hydrogen-bond acceptors (Lipinski definition) is 3. The van der Waals surface area contributed by atoms with Gasteiger partial charge in [0.05, 0.1) is 0 Å². The molecule has 0 atom stereocenters. The highest BCUT2D eigenvalue weighted by atomic mass is 127. The molecule has 0 bridgehead atoms. The maximum atomic E-state index is 13.6. The number of nitrogens with zero attached hydrogens (tertiary/aromatic N) is 2. The predicted octanol–water partition coefficient (Wildman–Crippen LogP) is 2.23. The Hall–Kier alpha value is -1.49. The summed E-state index contributed by atoms with van der Waals surface area (Å²) >= 11 is 0. The van der Waals surface area contributed by atoms with Crippen molar-refractivity contribution < 1.29 is 13.6 Å². The van der Waals surface area contributed by atoms with E-state index in [0.717, 1.165) is 64.0 Å². The number of aliphatic imine (C=N–C) groups is 1. The fraction of sp³-hybridized carbons (Fsp3) is 0.579. The van der Waals surface area contributed by atoms with Crippen LogP contribution in [0.4, 0.5) is 8.78 Å². The summed E-state index contributed by atoms with van der Waals surface area (Å²) in [5, 5.41) is 6.16. The van der Waals surface area contributed by atoms with E-state index < -0.39 is 11.6 Å². The van der Waals surface area contributed by atoms with Gasteiger partial charge in [0.1, 0.15) is 11.6 Å². The highest BCUT2D eigenvalue weighted by Crippen LogP contribution is 2.16. The first-order valence-electron chi connectivity index (χ1n) is 9.39. The van der Waals surface area contributed by atoms with Gasteiger partial charge in [0.2, 0.25) is 5.91 Å². The van der Waals surface area contributed by atoms with Gasteiger partial charge in [0, 0.05) is 31.6 Å². The maximum Gasteiger partial charge on any atom is 0.220 e. The van der Waals surface area contributed by atoms with Gasteiger partial charge >= 0.3 is 0 Å². The molecule has 4 N–H and O–H groups in total. The van der Waals surface area contributed by atoms with Gasteiger partial charge in [-0.3, -0.25) is 9.79 Å². The zero-order valence-corrected chi connectivity index (χ0v) is 18.5. The number of carbonyl (C=O) groups excluding carboxylic acids is 1. The molecule has 28 heavy (non-hydrogen) atoms. The van der Waals surface area contributed by atoms with Crippen LogP contribution in [0.1, 0.15) is 31.2 Å². The first-order chi connectivity index (χ1) is 13.0. The molecule has 1 fully saturated rings. The lowest BCUT2D eigenvalue weighted by atomic mass is 9.96. The fourth-order valence-corrected chi connectivity index (χ4v) is 3.19. The van der Waals surface area contributed by atoms with Crippen LogP contribution in [-0.4, -0.2) is 50.0 Å². The van der Waals surface area contributed by atoms with Crippen LogP contribution in [0.2, 0.25) is 0 Å². The Bertz CT molecular complexity index is 651. The van der Waals surface area contributed by atoms with Crippen LogP contribution >= 0.6 is 24.0 Å². The number of nitrogens with two attached hydrogens (primary N) is 1. The molecule has 0 spiro atoms. The standard InChI is InChI=1S/C19H29F2N5O.HI/c1-23-19(25-13-15-12-16(20)4-5-17(15)21)24-8-2-3-9-26-10-6-14(7-11-26)18(22)27;/h4-5,12,14H,2-3,6-11,13H2,1H3,(H2,22,27)(H2,23,24,25);1H. The van der Waals surface area contributed by atoms with Crippen LogP contribution in [-0.2, 0) is 11.3 Å². The number of nitrogens with one attached hydrogen (secondary N) is 2. The van der Waals surface area contributed by atoms with Crippen molar-refractivity contribution >= 4 is 35.8 Å². The van der Waals surface area contributed by atoms with Crippen molar-refractivity contribution in [1.29, 1.82) is 0 Å². The van der Waals surface area contributed by atoms with Gasteiger partial charge in [-0.1, -0.05) is 0 Å². The summed E-state index contributed by atoms with van der Waals surface area (Å²) in [6.07, 6.45) is 3.69. The largest absolute Gasteiger partial charge is 0.369 e. The molecule has 0 aromatic heterocycles. The van der Waals surface area contributed by atoms with E-state index >= 15 is 0 Å². The van der Waals surface area contributed by atoms with Crippen molar-refractivity contribution in [3.8, 4) is 0 Å². The molecule has 1 heterocycles. The van der Waals surface area contributed by atoms with Crippen LogP contribution in [0.15, 0.2) is 23.2 Å². The Kier molecular flexibility index (Phi) is 11.3. The topological polar surface area (TPSA) is 82.8 Å².